The molecule has 0 unspecified atom stereocenters. The third kappa shape index (κ3) is 2.69. The van der Waals surface area contributed by atoms with E-state index in [1.54, 1.807) is 0 Å². The van der Waals surface area contributed by atoms with E-state index in [4.69, 9.17) is 0 Å². The molecule has 0 aliphatic rings. The summed E-state index contributed by atoms with van der Waals surface area (Å²) in [5, 5.41) is 8.69. The molecule has 0 amide bonds. The van der Waals surface area contributed by atoms with Crippen LogP contribution in [0.4, 0.5) is 0 Å². The summed E-state index contributed by atoms with van der Waals surface area (Å²) in [7, 11) is 0. The molecule has 0 saturated carbocycles. The lowest BCUT2D eigenvalue weighted by Gasteiger charge is -2.13. The van der Waals surface area contributed by atoms with Gasteiger partial charge in [-0.15, -0.1) is 0 Å². The molecule has 4 rings (SSSR count). The van der Waals surface area contributed by atoms with Gasteiger partial charge in [0.15, 0.2) is 0 Å². The highest BCUT2D eigenvalue weighted by molar-refractivity contribution is 6.24. The molecule has 0 N–H and O–H groups in total. The Hall–Kier alpha value is -2.60. The number of benzene rings is 4. The topological polar surface area (TPSA) is 0 Å². The van der Waals surface area contributed by atoms with Crippen molar-refractivity contribution in [3.8, 4) is 0 Å². The molecular formula is C24H26. The van der Waals surface area contributed by atoms with Crippen LogP contribution >= 0.6 is 0 Å². The van der Waals surface area contributed by atoms with E-state index >= 15 is 0 Å². The lowest BCUT2D eigenvalue weighted by Crippen LogP contribution is -2.01. The molecule has 0 fully saturated rings. The summed E-state index contributed by atoms with van der Waals surface area (Å²) in [5.41, 5.74) is 1.19. The second-order valence-electron chi connectivity index (χ2n) is 5.17. The van der Waals surface area contributed by atoms with Gasteiger partial charge in [0.25, 0.3) is 0 Å². The number of fused-ring (bicyclic) bond motifs is 2. The zero-order valence-corrected chi connectivity index (χ0v) is 15.2. The first-order valence-electron chi connectivity index (χ1n) is 8.78. The molecule has 24 heavy (non-hydrogen) atoms. The monoisotopic (exact) mass is 314 g/mol. The standard InChI is InChI=1S/C20H14.2C2H6/c1-3-15-16-11-5-8-14-9-6-12-18(20(14)16)17-10-4-7-13(2)19(15)17;2*1-2/h3-12H,1-2H2;2*1-2H3. The highest BCUT2D eigenvalue weighted by atomic mass is 14.1. The minimum Gasteiger partial charge on any atom is -0.0984 e. The maximum atomic E-state index is 4.20. The first kappa shape index (κ1) is 17.7. The minimum atomic E-state index is 1.06. The van der Waals surface area contributed by atoms with Gasteiger partial charge in [0, 0.05) is 0 Å². The van der Waals surface area contributed by atoms with Crippen molar-refractivity contribution in [2.75, 3.05) is 0 Å². The van der Waals surface area contributed by atoms with Crippen LogP contribution in [0.25, 0.3) is 45.0 Å². The maximum absolute atomic E-state index is 4.20. The number of rotatable bonds is 1. The van der Waals surface area contributed by atoms with Gasteiger partial charge < -0.3 is 0 Å². The molecule has 0 nitrogen and oxygen atoms in total. The van der Waals surface area contributed by atoms with Crippen LogP contribution in [0.3, 0.4) is 0 Å². The van der Waals surface area contributed by atoms with Crippen LogP contribution in [0.15, 0.2) is 61.2 Å². The Morgan fingerprint density at radius 3 is 1.75 bits per heavy atom. The highest BCUT2D eigenvalue weighted by Gasteiger charge is 2.11. The normalized spacial score (nSPS) is 10.0. The van der Waals surface area contributed by atoms with Gasteiger partial charge in [0.2, 0.25) is 0 Å². The second kappa shape index (κ2) is 7.79. The highest BCUT2D eigenvalue weighted by Crippen LogP contribution is 2.35. The Morgan fingerprint density at radius 1 is 0.667 bits per heavy atom. The zero-order valence-electron chi connectivity index (χ0n) is 15.2. The van der Waals surface area contributed by atoms with Crippen molar-refractivity contribution in [1.82, 2.24) is 0 Å². The Morgan fingerprint density at radius 2 is 1.17 bits per heavy atom. The van der Waals surface area contributed by atoms with E-state index in [2.05, 4.69) is 67.8 Å². The third-order valence-corrected chi connectivity index (χ3v) is 4.11. The predicted molar refractivity (Wildman–Crippen MR) is 112 cm³/mol. The quantitative estimate of drug-likeness (QED) is 0.263. The van der Waals surface area contributed by atoms with Crippen LogP contribution in [-0.4, -0.2) is 0 Å². The van der Waals surface area contributed by atoms with E-state index in [0.29, 0.717) is 0 Å². The van der Waals surface area contributed by atoms with Crippen LogP contribution in [0.1, 0.15) is 33.3 Å². The molecule has 0 heteroatoms. The Kier molecular flexibility index (Phi) is 5.76. The van der Waals surface area contributed by atoms with Gasteiger partial charge in [-0.3, -0.25) is 0 Å². The van der Waals surface area contributed by atoms with Gasteiger partial charge in [-0.1, -0.05) is 102 Å². The average molecular weight is 314 g/mol. The number of hydrogen-bond donors (Lipinski definition) is 0. The molecule has 0 heterocycles. The molecule has 4 aromatic carbocycles. The molecule has 0 aliphatic heterocycles. The Labute approximate surface area is 145 Å². The van der Waals surface area contributed by atoms with E-state index < -0.39 is 0 Å². The molecule has 0 saturated heterocycles. The molecule has 0 radical (unpaired) electrons. The first-order valence-corrected chi connectivity index (χ1v) is 8.78. The fourth-order valence-corrected chi connectivity index (χ4v) is 3.28. The van der Waals surface area contributed by atoms with Crippen molar-refractivity contribution < 1.29 is 0 Å². The van der Waals surface area contributed by atoms with Gasteiger partial charge >= 0.3 is 0 Å². The van der Waals surface area contributed by atoms with E-state index in [9.17, 15) is 0 Å². The summed E-state index contributed by atoms with van der Waals surface area (Å²) in [5.74, 6) is 0. The Balaban J connectivity index is 0.000000487. The molecule has 0 bridgehead atoms. The SMILES string of the molecule is C=Cc1c2cccc3cccc(c4cccc(=C)c14)c32.CC.CC. The molecule has 0 spiro atoms. The molecule has 4 aromatic rings. The van der Waals surface area contributed by atoms with Crippen molar-refractivity contribution in [3.05, 3.63) is 72.0 Å². The average Bonchev–Trinajstić information content (AvgIpc) is 2.66. The molecule has 0 aliphatic carbocycles. The van der Waals surface area contributed by atoms with E-state index in [1.807, 2.05) is 33.8 Å². The minimum absolute atomic E-state index is 1.06. The van der Waals surface area contributed by atoms with Crippen molar-refractivity contribution in [3.63, 3.8) is 0 Å². The van der Waals surface area contributed by atoms with E-state index in [0.717, 1.165) is 5.22 Å². The van der Waals surface area contributed by atoms with Crippen LogP contribution in [-0.2, 0) is 0 Å². The van der Waals surface area contributed by atoms with Crippen LogP contribution in [0.2, 0.25) is 0 Å². The third-order valence-electron chi connectivity index (χ3n) is 4.11. The zero-order chi connectivity index (χ0) is 17.7. The van der Waals surface area contributed by atoms with Crippen molar-refractivity contribution in [2.24, 2.45) is 0 Å². The summed E-state index contributed by atoms with van der Waals surface area (Å²) in [4.78, 5) is 0. The lowest BCUT2D eigenvalue weighted by atomic mass is 9.90. The lowest BCUT2D eigenvalue weighted by molar-refractivity contribution is 1.50. The summed E-state index contributed by atoms with van der Waals surface area (Å²) in [6.07, 6.45) is 1.96. The van der Waals surface area contributed by atoms with Gasteiger partial charge in [-0.25, -0.2) is 0 Å². The molecular weight excluding hydrogens is 288 g/mol. The summed E-state index contributed by atoms with van der Waals surface area (Å²) < 4.78 is 0. The maximum Gasteiger partial charge on any atom is -0.00264 e. The van der Waals surface area contributed by atoms with Crippen molar-refractivity contribution in [1.29, 1.82) is 0 Å². The van der Waals surface area contributed by atoms with Gasteiger partial charge in [0.1, 0.15) is 0 Å². The summed E-state index contributed by atoms with van der Waals surface area (Å²) >= 11 is 0. The molecule has 0 aromatic heterocycles. The largest absolute Gasteiger partial charge is 0.0984 e. The van der Waals surface area contributed by atoms with E-state index in [1.165, 1.54) is 37.9 Å². The second-order valence-corrected chi connectivity index (χ2v) is 5.17. The first-order chi connectivity index (χ1) is 11.8. The van der Waals surface area contributed by atoms with Crippen molar-refractivity contribution in [2.45, 2.75) is 27.7 Å². The Bertz CT molecular complexity index is 1020. The summed E-state index contributed by atoms with van der Waals surface area (Å²) in [6.45, 7) is 16.2. The van der Waals surface area contributed by atoms with Crippen LogP contribution in [0, 0.1) is 0 Å². The molecule has 122 valence electrons. The van der Waals surface area contributed by atoms with Crippen LogP contribution in [0.5, 0.6) is 0 Å². The predicted octanol–water partition coefficient (Wildman–Crippen LogP) is 6.97. The fraction of sp³-hybridized carbons (Fsp3) is 0.167. The van der Waals surface area contributed by atoms with Gasteiger partial charge in [-0.2, -0.15) is 0 Å². The van der Waals surface area contributed by atoms with E-state index in [-0.39, 0.29) is 0 Å². The van der Waals surface area contributed by atoms with Gasteiger partial charge in [-0.05, 0) is 43.1 Å². The van der Waals surface area contributed by atoms with Crippen molar-refractivity contribution >= 4 is 45.0 Å². The number of hydrogen-bond acceptors (Lipinski definition) is 0. The van der Waals surface area contributed by atoms with Crippen LogP contribution < -0.4 is 5.22 Å². The summed E-state index contributed by atoms with van der Waals surface area (Å²) in [6, 6.07) is 19.3. The molecule has 0 atom stereocenters. The van der Waals surface area contributed by atoms with Gasteiger partial charge in [0.05, 0.1) is 0 Å². The smallest absolute Gasteiger partial charge is 0.00264 e. The fourth-order valence-electron chi connectivity index (χ4n) is 3.28.